The summed E-state index contributed by atoms with van der Waals surface area (Å²) in [7, 11) is 1.43. The van der Waals surface area contributed by atoms with Gasteiger partial charge in [-0.25, -0.2) is 4.79 Å². The van der Waals surface area contributed by atoms with Crippen LogP contribution in [0.3, 0.4) is 0 Å². The molecule has 0 aliphatic heterocycles. The predicted molar refractivity (Wildman–Crippen MR) is 70.8 cm³/mol. The highest BCUT2D eigenvalue weighted by Crippen LogP contribution is 2.26. The SMILES string of the molecule is CC/C(C)=C(/C(=O)OC)c1cc(C)ccc1C. The van der Waals surface area contributed by atoms with Gasteiger partial charge in [-0.1, -0.05) is 36.3 Å². The smallest absolute Gasteiger partial charge is 0.338 e. The minimum Gasteiger partial charge on any atom is -0.465 e. The number of ether oxygens (including phenoxy) is 1. The van der Waals surface area contributed by atoms with E-state index in [1.165, 1.54) is 7.11 Å². The molecule has 0 spiro atoms. The highest BCUT2D eigenvalue weighted by molar-refractivity contribution is 6.17. The van der Waals surface area contributed by atoms with Crippen molar-refractivity contribution in [3.63, 3.8) is 0 Å². The van der Waals surface area contributed by atoms with E-state index in [4.69, 9.17) is 4.74 Å². The summed E-state index contributed by atoms with van der Waals surface area (Å²) in [6, 6.07) is 6.13. The normalized spacial score (nSPS) is 12.1. The van der Waals surface area contributed by atoms with Gasteiger partial charge in [0.25, 0.3) is 0 Å². The predicted octanol–water partition coefficient (Wildman–Crippen LogP) is 3.66. The number of hydrogen-bond acceptors (Lipinski definition) is 2. The molecular formula is C15H20O2. The van der Waals surface area contributed by atoms with Crippen LogP contribution in [-0.2, 0) is 9.53 Å². The van der Waals surface area contributed by atoms with Gasteiger partial charge in [-0.2, -0.15) is 0 Å². The van der Waals surface area contributed by atoms with Crippen LogP contribution in [0.2, 0.25) is 0 Å². The molecule has 0 fully saturated rings. The number of hydrogen-bond donors (Lipinski definition) is 0. The van der Waals surface area contributed by atoms with Crippen molar-refractivity contribution in [3.8, 4) is 0 Å². The van der Waals surface area contributed by atoms with Crippen molar-refractivity contribution < 1.29 is 9.53 Å². The van der Waals surface area contributed by atoms with Crippen LogP contribution in [0.4, 0.5) is 0 Å². The maximum Gasteiger partial charge on any atom is 0.338 e. The molecule has 0 aliphatic carbocycles. The molecule has 1 aromatic carbocycles. The van der Waals surface area contributed by atoms with Gasteiger partial charge in [-0.15, -0.1) is 0 Å². The van der Waals surface area contributed by atoms with Gasteiger partial charge in [-0.3, -0.25) is 0 Å². The summed E-state index contributed by atoms with van der Waals surface area (Å²) >= 11 is 0. The van der Waals surface area contributed by atoms with Crippen LogP contribution in [0.1, 0.15) is 37.0 Å². The Hall–Kier alpha value is -1.57. The average Bonchev–Trinajstić information content (AvgIpc) is 2.33. The van der Waals surface area contributed by atoms with Crippen molar-refractivity contribution in [2.24, 2.45) is 0 Å². The quantitative estimate of drug-likeness (QED) is 0.587. The Balaban J connectivity index is 3.43. The Morgan fingerprint density at radius 3 is 2.47 bits per heavy atom. The lowest BCUT2D eigenvalue weighted by Gasteiger charge is -2.13. The second-order valence-electron chi connectivity index (χ2n) is 4.32. The molecule has 1 rings (SSSR count). The van der Waals surface area contributed by atoms with Crippen LogP contribution < -0.4 is 0 Å². The fourth-order valence-electron chi connectivity index (χ4n) is 1.80. The molecule has 0 heterocycles. The summed E-state index contributed by atoms with van der Waals surface area (Å²) in [6.45, 7) is 8.07. The van der Waals surface area contributed by atoms with Gasteiger partial charge in [0.2, 0.25) is 0 Å². The molecule has 0 N–H and O–H groups in total. The summed E-state index contributed by atoms with van der Waals surface area (Å²) in [5.74, 6) is -0.252. The van der Waals surface area contributed by atoms with Crippen LogP contribution >= 0.6 is 0 Å². The first kappa shape index (κ1) is 13.5. The zero-order chi connectivity index (χ0) is 13.0. The lowest BCUT2D eigenvalue weighted by atomic mass is 9.94. The molecule has 0 aliphatic rings. The Labute approximate surface area is 103 Å². The van der Waals surface area contributed by atoms with E-state index in [0.717, 1.165) is 28.7 Å². The fraction of sp³-hybridized carbons (Fsp3) is 0.400. The van der Waals surface area contributed by atoms with Crippen LogP contribution in [0, 0.1) is 13.8 Å². The summed E-state index contributed by atoms with van der Waals surface area (Å²) in [5.41, 5.74) is 5.00. The molecule has 0 aromatic heterocycles. The molecule has 2 nitrogen and oxygen atoms in total. The van der Waals surface area contributed by atoms with Gasteiger partial charge in [0, 0.05) is 0 Å². The molecule has 2 heteroatoms. The van der Waals surface area contributed by atoms with E-state index in [1.807, 2.05) is 39.8 Å². The van der Waals surface area contributed by atoms with E-state index in [9.17, 15) is 4.79 Å². The van der Waals surface area contributed by atoms with Crippen LogP contribution in [0.5, 0.6) is 0 Å². The minimum atomic E-state index is -0.252. The monoisotopic (exact) mass is 232 g/mol. The Bertz CT molecular complexity index is 456. The van der Waals surface area contributed by atoms with E-state index in [1.54, 1.807) is 0 Å². The second kappa shape index (κ2) is 5.67. The standard InChI is InChI=1S/C15H20O2/c1-6-11(3)14(15(16)17-5)13-9-10(2)7-8-12(13)4/h7-9H,6H2,1-5H3/b14-11+. The highest BCUT2D eigenvalue weighted by Gasteiger charge is 2.17. The fourth-order valence-corrected chi connectivity index (χ4v) is 1.80. The van der Waals surface area contributed by atoms with Crippen molar-refractivity contribution >= 4 is 11.5 Å². The van der Waals surface area contributed by atoms with Crippen molar-refractivity contribution in [3.05, 3.63) is 40.5 Å². The number of allylic oxidation sites excluding steroid dienone is 1. The second-order valence-corrected chi connectivity index (χ2v) is 4.32. The van der Waals surface area contributed by atoms with Crippen LogP contribution in [0.15, 0.2) is 23.8 Å². The Morgan fingerprint density at radius 2 is 1.94 bits per heavy atom. The number of carbonyl (C=O) groups excluding carboxylic acids is 1. The lowest BCUT2D eigenvalue weighted by Crippen LogP contribution is -2.07. The molecule has 0 radical (unpaired) electrons. The zero-order valence-corrected chi connectivity index (χ0v) is 11.3. The molecule has 0 saturated heterocycles. The number of methoxy groups -OCH3 is 1. The van der Waals surface area contributed by atoms with Gasteiger partial charge >= 0.3 is 5.97 Å². The van der Waals surface area contributed by atoms with E-state index < -0.39 is 0 Å². The first-order valence-corrected chi connectivity index (χ1v) is 5.87. The van der Waals surface area contributed by atoms with Crippen molar-refractivity contribution in [2.45, 2.75) is 34.1 Å². The highest BCUT2D eigenvalue weighted by atomic mass is 16.5. The van der Waals surface area contributed by atoms with E-state index in [2.05, 4.69) is 6.07 Å². The van der Waals surface area contributed by atoms with E-state index in [-0.39, 0.29) is 5.97 Å². The summed E-state index contributed by atoms with van der Waals surface area (Å²) in [4.78, 5) is 11.9. The Morgan fingerprint density at radius 1 is 1.29 bits per heavy atom. The van der Waals surface area contributed by atoms with Gasteiger partial charge < -0.3 is 4.74 Å². The summed E-state index contributed by atoms with van der Waals surface area (Å²) < 4.78 is 4.89. The van der Waals surface area contributed by atoms with Crippen molar-refractivity contribution in [2.75, 3.05) is 7.11 Å². The number of aryl methyl sites for hydroxylation is 2. The molecular weight excluding hydrogens is 212 g/mol. The third kappa shape index (κ3) is 2.96. The van der Waals surface area contributed by atoms with E-state index in [0.29, 0.717) is 5.57 Å². The number of rotatable bonds is 3. The first-order chi connectivity index (χ1) is 8.01. The topological polar surface area (TPSA) is 26.3 Å². The number of esters is 1. The maximum absolute atomic E-state index is 11.9. The van der Waals surface area contributed by atoms with Crippen LogP contribution in [0.25, 0.3) is 5.57 Å². The molecule has 0 atom stereocenters. The average molecular weight is 232 g/mol. The van der Waals surface area contributed by atoms with Gasteiger partial charge in [0.15, 0.2) is 0 Å². The largest absolute Gasteiger partial charge is 0.465 e. The molecule has 0 saturated carbocycles. The summed E-state index contributed by atoms with van der Waals surface area (Å²) in [6.07, 6.45) is 0.845. The van der Waals surface area contributed by atoms with Gasteiger partial charge in [0.1, 0.15) is 0 Å². The Kier molecular flexibility index (Phi) is 4.50. The maximum atomic E-state index is 11.9. The van der Waals surface area contributed by atoms with Crippen molar-refractivity contribution in [1.29, 1.82) is 0 Å². The zero-order valence-electron chi connectivity index (χ0n) is 11.3. The number of benzene rings is 1. The first-order valence-electron chi connectivity index (χ1n) is 5.87. The summed E-state index contributed by atoms with van der Waals surface area (Å²) in [5, 5.41) is 0. The van der Waals surface area contributed by atoms with Crippen molar-refractivity contribution in [1.82, 2.24) is 0 Å². The lowest BCUT2D eigenvalue weighted by molar-refractivity contribution is -0.133. The third-order valence-corrected chi connectivity index (χ3v) is 3.01. The molecule has 1 aromatic rings. The molecule has 92 valence electrons. The molecule has 0 unspecified atom stereocenters. The van der Waals surface area contributed by atoms with Gasteiger partial charge in [-0.05, 0) is 38.3 Å². The van der Waals surface area contributed by atoms with Gasteiger partial charge in [0.05, 0.1) is 12.7 Å². The minimum absolute atomic E-state index is 0.252. The van der Waals surface area contributed by atoms with Crippen LogP contribution in [-0.4, -0.2) is 13.1 Å². The third-order valence-electron chi connectivity index (χ3n) is 3.01. The van der Waals surface area contributed by atoms with E-state index >= 15 is 0 Å². The molecule has 0 amide bonds. The molecule has 17 heavy (non-hydrogen) atoms. The number of carbonyl (C=O) groups is 1. The molecule has 0 bridgehead atoms.